The van der Waals surface area contributed by atoms with E-state index in [4.69, 9.17) is 17.0 Å². The van der Waals surface area contributed by atoms with Crippen molar-refractivity contribution in [3.8, 4) is 5.95 Å². The molecule has 9 heteroatoms. The number of rotatable bonds is 4. The number of hydrogen-bond donors (Lipinski definition) is 1. The third kappa shape index (κ3) is 3.69. The molecule has 140 valence electrons. The SMILES string of the molecule is Cc1cc(C)n(-c2n[nH]c(=S)n2/N=C\c2ccc(N3CCOCC3)cc2)n1. The van der Waals surface area contributed by atoms with Gasteiger partial charge in [-0.1, -0.05) is 12.1 Å². The number of aryl methyl sites for hydroxylation is 2. The topological polar surface area (TPSA) is 76.3 Å². The Hall–Kier alpha value is -2.78. The second-order valence-electron chi connectivity index (χ2n) is 6.41. The summed E-state index contributed by atoms with van der Waals surface area (Å²) in [5.74, 6) is 0.534. The van der Waals surface area contributed by atoms with Crippen LogP contribution < -0.4 is 4.90 Å². The quantitative estimate of drug-likeness (QED) is 0.553. The van der Waals surface area contributed by atoms with E-state index in [1.807, 2.05) is 32.0 Å². The van der Waals surface area contributed by atoms with Crippen molar-refractivity contribution in [1.29, 1.82) is 0 Å². The van der Waals surface area contributed by atoms with Crippen molar-refractivity contribution < 1.29 is 4.74 Å². The van der Waals surface area contributed by atoms with E-state index in [0.29, 0.717) is 10.7 Å². The lowest BCUT2D eigenvalue weighted by molar-refractivity contribution is 0.122. The average Bonchev–Trinajstić information content (AvgIpc) is 3.22. The maximum atomic E-state index is 5.40. The zero-order valence-corrected chi connectivity index (χ0v) is 16.1. The van der Waals surface area contributed by atoms with Crippen LogP contribution in [-0.4, -0.2) is 57.2 Å². The van der Waals surface area contributed by atoms with Gasteiger partial charge < -0.3 is 9.64 Å². The zero-order chi connectivity index (χ0) is 18.8. The van der Waals surface area contributed by atoms with E-state index in [9.17, 15) is 0 Å². The van der Waals surface area contributed by atoms with Gasteiger partial charge in [-0.25, -0.2) is 9.78 Å². The van der Waals surface area contributed by atoms with Gasteiger partial charge in [0.2, 0.25) is 4.77 Å². The third-order valence-electron chi connectivity index (χ3n) is 4.42. The second-order valence-corrected chi connectivity index (χ2v) is 6.80. The van der Waals surface area contributed by atoms with Gasteiger partial charge in [-0.15, -0.1) is 5.10 Å². The Bertz CT molecular complexity index is 1010. The summed E-state index contributed by atoms with van der Waals surface area (Å²) in [5, 5.41) is 16.0. The molecule has 0 spiro atoms. The molecule has 0 saturated carbocycles. The lowest BCUT2D eigenvalue weighted by atomic mass is 10.2. The van der Waals surface area contributed by atoms with Crippen LogP contribution in [0.25, 0.3) is 5.95 Å². The fourth-order valence-electron chi connectivity index (χ4n) is 3.07. The Morgan fingerprint density at radius 1 is 1.19 bits per heavy atom. The third-order valence-corrected chi connectivity index (χ3v) is 4.69. The summed E-state index contributed by atoms with van der Waals surface area (Å²) < 4.78 is 9.11. The maximum absolute atomic E-state index is 5.40. The van der Waals surface area contributed by atoms with E-state index < -0.39 is 0 Å². The highest BCUT2D eigenvalue weighted by Gasteiger charge is 2.12. The van der Waals surface area contributed by atoms with Gasteiger partial charge in [0.1, 0.15) is 0 Å². The average molecular weight is 383 g/mol. The highest BCUT2D eigenvalue weighted by molar-refractivity contribution is 7.71. The van der Waals surface area contributed by atoms with Crippen molar-refractivity contribution in [2.45, 2.75) is 13.8 Å². The summed E-state index contributed by atoms with van der Waals surface area (Å²) >= 11 is 5.32. The molecule has 27 heavy (non-hydrogen) atoms. The van der Waals surface area contributed by atoms with Gasteiger partial charge in [-0.3, -0.25) is 0 Å². The van der Waals surface area contributed by atoms with E-state index in [1.165, 1.54) is 5.69 Å². The normalized spacial score (nSPS) is 15.0. The molecule has 1 N–H and O–H groups in total. The molecule has 1 saturated heterocycles. The molecule has 1 aromatic carbocycles. The van der Waals surface area contributed by atoms with E-state index >= 15 is 0 Å². The highest BCUT2D eigenvalue weighted by Crippen LogP contribution is 2.16. The number of morpholine rings is 1. The molecule has 8 nitrogen and oxygen atoms in total. The van der Waals surface area contributed by atoms with Gasteiger partial charge in [0.15, 0.2) is 0 Å². The molecule has 2 aromatic heterocycles. The summed E-state index contributed by atoms with van der Waals surface area (Å²) in [7, 11) is 0. The van der Waals surface area contributed by atoms with Crippen molar-refractivity contribution in [3.05, 3.63) is 52.1 Å². The smallest absolute Gasteiger partial charge is 0.271 e. The van der Waals surface area contributed by atoms with Gasteiger partial charge in [0.05, 0.1) is 25.1 Å². The molecule has 0 aliphatic carbocycles. The molecule has 1 aliphatic rings. The molecule has 1 fully saturated rings. The Labute approximate surface area is 162 Å². The van der Waals surface area contributed by atoms with Crippen molar-refractivity contribution in [1.82, 2.24) is 24.7 Å². The molecular formula is C18H21N7OS. The number of ether oxygens (including phenoxy) is 1. The van der Waals surface area contributed by atoms with Gasteiger partial charge >= 0.3 is 0 Å². The molecule has 0 radical (unpaired) electrons. The molecular weight excluding hydrogens is 362 g/mol. The Kier molecular flexibility index (Phi) is 4.87. The van der Waals surface area contributed by atoms with Crippen LogP contribution in [0.5, 0.6) is 0 Å². The molecule has 1 aliphatic heterocycles. The van der Waals surface area contributed by atoms with Crippen LogP contribution in [0.3, 0.4) is 0 Å². The molecule has 0 bridgehead atoms. The minimum Gasteiger partial charge on any atom is -0.378 e. The van der Waals surface area contributed by atoms with Crippen LogP contribution in [0.15, 0.2) is 35.4 Å². The van der Waals surface area contributed by atoms with Crippen LogP contribution in [-0.2, 0) is 4.74 Å². The molecule has 4 rings (SSSR count). The highest BCUT2D eigenvalue weighted by atomic mass is 32.1. The number of nitrogens with one attached hydrogen (secondary N) is 1. The van der Waals surface area contributed by atoms with Crippen LogP contribution in [0, 0.1) is 18.6 Å². The van der Waals surface area contributed by atoms with Gasteiger partial charge in [0, 0.05) is 24.5 Å². The molecule has 0 atom stereocenters. The summed E-state index contributed by atoms with van der Waals surface area (Å²) in [6.07, 6.45) is 1.77. The van der Waals surface area contributed by atoms with Gasteiger partial charge in [-0.2, -0.15) is 14.9 Å². The number of aromatic nitrogens is 5. The van der Waals surface area contributed by atoms with E-state index in [0.717, 1.165) is 43.3 Å². The van der Waals surface area contributed by atoms with Gasteiger partial charge in [-0.05, 0) is 49.8 Å². The fraction of sp³-hybridized carbons (Fsp3) is 0.333. The first-order chi connectivity index (χ1) is 13.1. The lowest BCUT2D eigenvalue weighted by Crippen LogP contribution is -2.36. The van der Waals surface area contributed by atoms with Crippen molar-refractivity contribution in [3.63, 3.8) is 0 Å². The molecule has 0 amide bonds. The van der Waals surface area contributed by atoms with E-state index in [2.05, 4.69) is 37.4 Å². The summed E-state index contributed by atoms with van der Waals surface area (Å²) in [5.41, 5.74) is 4.05. The monoisotopic (exact) mass is 383 g/mol. The molecule has 0 unspecified atom stereocenters. The minimum atomic E-state index is 0.415. The first-order valence-corrected chi connectivity index (χ1v) is 9.21. The number of hydrogen-bond acceptors (Lipinski definition) is 6. The lowest BCUT2D eigenvalue weighted by Gasteiger charge is -2.28. The summed E-state index contributed by atoms with van der Waals surface area (Å²) in [4.78, 5) is 2.32. The predicted octanol–water partition coefficient (Wildman–Crippen LogP) is 2.46. The zero-order valence-electron chi connectivity index (χ0n) is 15.3. The number of anilines is 1. The summed E-state index contributed by atoms with van der Waals surface area (Å²) in [6, 6.07) is 10.3. The fourth-order valence-corrected chi connectivity index (χ4v) is 3.25. The predicted molar refractivity (Wildman–Crippen MR) is 106 cm³/mol. The van der Waals surface area contributed by atoms with Crippen molar-refractivity contribution in [2.24, 2.45) is 5.10 Å². The van der Waals surface area contributed by atoms with Gasteiger partial charge in [0.25, 0.3) is 5.95 Å². The van der Waals surface area contributed by atoms with Crippen LogP contribution in [0.4, 0.5) is 5.69 Å². The first kappa shape index (κ1) is 17.6. The first-order valence-electron chi connectivity index (χ1n) is 8.80. The second kappa shape index (κ2) is 7.45. The van der Waals surface area contributed by atoms with E-state index in [1.54, 1.807) is 15.6 Å². The number of aromatic amines is 1. The maximum Gasteiger partial charge on any atom is 0.271 e. The Balaban J connectivity index is 1.57. The molecule has 3 heterocycles. The molecule has 3 aromatic rings. The number of benzene rings is 1. The number of nitrogens with zero attached hydrogens (tertiary/aromatic N) is 6. The van der Waals surface area contributed by atoms with Crippen molar-refractivity contribution in [2.75, 3.05) is 31.2 Å². The Morgan fingerprint density at radius 3 is 2.59 bits per heavy atom. The van der Waals surface area contributed by atoms with Crippen LogP contribution in [0.1, 0.15) is 17.0 Å². The van der Waals surface area contributed by atoms with Crippen molar-refractivity contribution >= 4 is 24.1 Å². The summed E-state index contributed by atoms with van der Waals surface area (Å²) in [6.45, 7) is 7.30. The number of H-pyrrole nitrogens is 1. The standard InChI is InChI=1S/C18H21N7OS/c1-13-11-14(2)24(22-13)17-20-21-18(27)25(17)19-12-15-3-5-16(6-4-15)23-7-9-26-10-8-23/h3-6,11-12H,7-10H2,1-2H3,(H,21,27)/b19-12-. The minimum absolute atomic E-state index is 0.415. The van der Waals surface area contributed by atoms with Crippen LogP contribution in [0.2, 0.25) is 0 Å². The Morgan fingerprint density at radius 2 is 1.93 bits per heavy atom. The van der Waals surface area contributed by atoms with Crippen LogP contribution >= 0.6 is 12.2 Å². The largest absolute Gasteiger partial charge is 0.378 e. The van der Waals surface area contributed by atoms with E-state index in [-0.39, 0.29) is 0 Å².